The molecule has 17 heavy (non-hydrogen) atoms. The lowest BCUT2D eigenvalue weighted by Crippen LogP contribution is -2.37. The van der Waals surface area contributed by atoms with Crippen LogP contribution < -0.4 is 0 Å². The van der Waals surface area contributed by atoms with Crippen molar-refractivity contribution in [3.8, 4) is 0 Å². The van der Waals surface area contributed by atoms with E-state index in [0.29, 0.717) is 6.42 Å². The van der Waals surface area contributed by atoms with Crippen molar-refractivity contribution < 1.29 is 22.1 Å². The van der Waals surface area contributed by atoms with Gasteiger partial charge < -0.3 is 4.74 Å². The Hall–Kier alpha value is -0.620. The standard InChI is InChI=1S/C11H20O5S/c1-10(2)7-9(12)15-11(3,4)6-8(10)16-17(5,13)14/h8H,6-7H2,1-5H3. The first-order valence-electron chi connectivity index (χ1n) is 5.51. The summed E-state index contributed by atoms with van der Waals surface area (Å²) >= 11 is 0. The zero-order chi connectivity index (χ0) is 13.5. The van der Waals surface area contributed by atoms with Gasteiger partial charge in [-0.1, -0.05) is 13.8 Å². The molecule has 0 N–H and O–H groups in total. The molecular formula is C11H20O5S. The molecule has 1 fully saturated rings. The zero-order valence-corrected chi connectivity index (χ0v) is 11.8. The highest BCUT2D eigenvalue weighted by Gasteiger charge is 2.44. The van der Waals surface area contributed by atoms with Gasteiger partial charge in [-0.25, -0.2) is 0 Å². The van der Waals surface area contributed by atoms with Crippen LogP contribution in [0.1, 0.15) is 40.5 Å². The number of carbonyl (C=O) groups is 1. The summed E-state index contributed by atoms with van der Waals surface area (Å²) in [5.41, 5.74) is -1.27. The highest BCUT2D eigenvalue weighted by Crippen LogP contribution is 2.38. The molecule has 0 saturated carbocycles. The van der Waals surface area contributed by atoms with Crippen molar-refractivity contribution in [2.24, 2.45) is 5.41 Å². The Bertz CT molecular complexity index is 408. The predicted molar refractivity (Wildman–Crippen MR) is 62.9 cm³/mol. The summed E-state index contributed by atoms with van der Waals surface area (Å²) in [5.74, 6) is -0.320. The smallest absolute Gasteiger partial charge is 0.306 e. The molecule has 0 spiro atoms. The maximum atomic E-state index is 11.6. The maximum Gasteiger partial charge on any atom is 0.306 e. The van der Waals surface area contributed by atoms with Crippen molar-refractivity contribution in [3.05, 3.63) is 0 Å². The summed E-state index contributed by atoms with van der Waals surface area (Å²) in [6.07, 6.45) is 0.970. The maximum absolute atomic E-state index is 11.6. The largest absolute Gasteiger partial charge is 0.460 e. The average Bonchev–Trinajstić information content (AvgIpc) is 2.01. The molecule has 5 nitrogen and oxygen atoms in total. The van der Waals surface area contributed by atoms with Crippen LogP contribution in [-0.2, 0) is 23.8 Å². The fourth-order valence-electron chi connectivity index (χ4n) is 1.97. The van der Waals surface area contributed by atoms with Gasteiger partial charge in [-0.3, -0.25) is 8.98 Å². The molecule has 1 unspecified atom stereocenters. The Balaban J connectivity index is 3.03. The summed E-state index contributed by atoms with van der Waals surface area (Å²) in [5, 5.41) is 0. The first kappa shape index (κ1) is 14.4. The molecule has 1 atom stereocenters. The van der Waals surface area contributed by atoms with Crippen LogP contribution in [-0.4, -0.2) is 32.3 Å². The van der Waals surface area contributed by atoms with Gasteiger partial charge in [-0.05, 0) is 13.8 Å². The first-order chi connectivity index (χ1) is 7.41. The van der Waals surface area contributed by atoms with Crippen LogP contribution in [0.3, 0.4) is 0 Å². The highest BCUT2D eigenvalue weighted by atomic mass is 32.2. The van der Waals surface area contributed by atoms with Crippen LogP contribution >= 0.6 is 0 Å². The molecule has 0 amide bonds. The van der Waals surface area contributed by atoms with Gasteiger partial charge in [0.1, 0.15) is 5.60 Å². The summed E-state index contributed by atoms with van der Waals surface area (Å²) < 4.78 is 32.9. The van der Waals surface area contributed by atoms with E-state index in [9.17, 15) is 13.2 Å². The molecule has 1 rings (SSSR count). The Morgan fingerprint density at radius 3 is 2.29 bits per heavy atom. The van der Waals surface area contributed by atoms with Crippen molar-refractivity contribution in [3.63, 3.8) is 0 Å². The Labute approximate surface area is 103 Å². The summed E-state index contributed by atoms with van der Waals surface area (Å²) in [7, 11) is -3.55. The third-order valence-electron chi connectivity index (χ3n) is 2.83. The van der Waals surface area contributed by atoms with E-state index in [-0.39, 0.29) is 12.4 Å². The molecule has 0 aliphatic carbocycles. The number of ether oxygens (including phenoxy) is 1. The molecule has 1 aliphatic rings. The van der Waals surface area contributed by atoms with Gasteiger partial charge in [-0.2, -0.15) is 8.42 Å². The third-order valence-corrected chi connectivity index (χ3v) is 3.41. The predicted octanol–water partition coefficient (Wildman–Crippen LogP) is 1.47. The van der Waals surface area contributed by atoms with Crippen LogP contribution in [0.2, 0.25) is 0 Å². The van der Waals surface area contributed by atoms with Crippen LogP contribution in [0, 0.1) is 5.41 Å². The second-order valence-electron chi connectivity index (χ2n) is 5.89. The van der Waals surface area contributed by atoms with Crippen molar-refractivity contribution in [2.75, 3.05) is 6.26 Å². The number of hydrogen-bond acceptors (Lipinski definition) is 5. The van der Waals surface area contributed by atoms with Crippen molar-refractivity contribution in [1.29, 1.82) is 0 Å². The van der Waals surface area contributed by atoms with Gasteiger partial charge >= 0.3 is 5.97 Å². The number of cyclic esters (lactones) is 1. The SMILES string of the molecule is CC1(C)CC(OS(C)(=O)=O)C(C)(C)CC(=O)O1. The minimum Gasteiger partial charge on any atom is -0.460 e. The Kier molecular flexibility index (Phi) is 3.60. The lowest BCUT2D eigenvalue weighted by atomic mass is 9.80. The molecule has 1 heterocycles. The normalized spacial score (nSPS) is 28.3. The van der Waals surface area contributed by atoms with Crippen molar-refractivity contribution in [1.82, 2.24) is 0 Å². The van der Waals surface area contributed by atoms with Crippen molar-refractivity contribution in [2.45, 2.75) is 52.2 Å². The lowest BCUT2D eigenvalue weighted by molar-refractivity contribution is -0.155. The van der Waals surface area contributed by atoms with Gasteiger partial charge in [0, 0.05) is 11.8 Å². The summed E-state index contributed by atoms with van der Waals surface area (Å²) in [4.78, 5) is 11.6. The van der Waals surface area contributed by atoms with E-state index < -0.39 is 27.2 Å². The number of rotatable bonds is 2. The number of carbonyl (C=O) groups excluding carboxylic acids is 1. The summed E-state index contributed by atoms with van der Waals surface area (Å²) in [6, 6.07) is 0. The van der Waals surface area contributed by atoms with E-state index in [0.717, 1.165) is 6.26 Å². The fourth-order valence-corrected chi connectivity index (χ4v) is 2.72. The van der Waals surface area contributed by atoms with Crippen LogP contribution in [0.4, 0.5) is 0 Å². The van der Waals surface area contributed by atoms with Gasteiger partial charge in [0.25, 0.3) is 10.1 Å². The molecule has 100 valence electrons. The van der Waals surface area contributed by atoms with E-state index in [1.807, 2.05) is 13.8 Å². The lowest BCUT2D eigenvalue weighted by Gasteiger charge is -2.32. The molecule has 1 aliphatic heterocycles. The van der Waals surface area contributed by atoms with E-state index in [1.54, 1.807) is 13.8 Å². The molecular weight excluding hydrogens is 244 g/mol. The third kappa shape index (κ3) is 4.27. The van der Waals surface area contributed by atoms with Crippen LogP contribution in [0.15, 0.2) is 0 Å². The van der Waals surface area contributed by atoms with E-state index in [2.05, 4.69) is 0 Å². The molecule has 0 bridgehead atoms. The second-order valence-corrected chi connectivity index (χ2v) is 7.49. The highest BCUT2D eigenvalue weighted by molar-refractivity contribution is 7.86. The van der Waals surface area contributed by atoms with E-state index >= 15 is 0 Å². The minimum atomic E-state index is -3.55. The minimum absolute atomic E-state index is 0.149. The second kappa shape index (κ2) is 4.24. The molecule has 0 aromatic carbocycles. The summed E-state index contributed by atoms with van der Waals surface area (Å²) in [6.45, 7) is 7.13. The Morgan fingerprint density at radius 1 is 1.29 bits per heavy atom. The van der Waals surface area contributed by atoms with Crippen LogP contribution in [0.25, 0.3) is 0 Å². The molecule has 0 radical (unpaired) electrons. The average molecular weight is 264 g/mol. The molecule has 1 saturated heterocycles. The number of hydrogen-bond donors (Lipinski definition) is 0. The van der Waals surface area contributed by atoms with E-state index in [4.69, 9.17) is 8.92 Å². The topological polar surface area (TPSA) is 69.7 Å². The number of esters is 1. The van der Waals surface area contributed by atoms with Gasteiger partial charge in [0.15, 0.2) is 0 Å². The molecule has 6 heteroatoms. The fraction of sp³-hybridized carbons (Fsp3) is 0.909. The van der Waals surface area contributed by atoms with Crippen molar-refractivity contribution >= 4 is 16.1 Å². The molecule has 0 aromatic heterocycles. The van der Waals surface area contributed by atoms with Gasteiger partial charge in [0.2, 0.25) is 0 Å². The van der Waals surface area contributed by atoms with Crippen LogP contribution in [0.5, 0.6) is 0 Å². The molecule has 0 aromatic rings. The van der Waals surface area contributed by atoms with Gasteiger partial charge in [0.05, 0.1) is 18.8 Å². The Morgan fingerprint density at radius 2 is 1.82 bits per heavy atom. The zero-order valence-electron chi connectivity index (χ0n) is 10.9. The first-order valence-corrected chi connectivity index (χ1v) is 7.33. The monoisotopic (exact) mass is 264 g/mol. The van der Waals surface area contributed by atoms with Gasteiger partial charge in [-0.15, -0.1) is 0 Å². The van der Waals surface area contributed by atoms with E-state index in [1.165, 1.54) is 0 Å². The quantitative estimate of drug-likeness (QED) is 0.558.